The summed E-state index contributed by atoms with van der Waals surface area (Å²) in [4.78, 5) is 0. The normalized spacial score (nSPS) is 16.9. The quantitative estimate of drug-likeness (QED) is 0.452. The summed E-state index contributed by atoms with van der Waals surface area (Å²) in [5, 5.41) is 24.2. The molecule has 8 heteroatoms. The van der Waals surface area contributed by atoms with Gasteiger partial charge >= 0.3 is 0 Å². The molecular formula is C22H30N2O5S. The zero-order valence-electron chi connectivity index (χ0n) is 17.4. The van der Waals surface area contributed by atoms with Crippen LogP contribution in [0, 0.1) is 0 Å². The summed E-state index contributed by atoms with van der Waals surface area (Å²) in [5.41, 5.74) is 1.72. The number of aromatic hydroxyl groups is 1. The van der Waals surface area contributed by atoms with Crippen molar-refractivity contribution in [1.29, 1.82) is 0 Å². The summed E-state index contributed by atoms with van der Waals surface area (Å²) in [6.07, 6.45) is 5.38. The number of phenols is 1. The van der Waals surface area contributed by atoms with Gasteiger partial charge in [-0.05, 0) is 54.7 Å². The monoisotopic (exact) mass is 434 g/mol. The standard InChI is InChI=1S/C22H30N2O5S/c1-29-18-8-5-16(6-9-18)14-22(11-3-4-12-22)23-15-21(26)17-7-10-20(25)19(13-17)24-30(2,27)28/h5-10,13,21,23-26H,3-4,11-12,14-15H2,1-2H3. The molecule has 2 aromatic carbocycles. The Bertz CT molecular complexity index is 954. The Morgan fingerprint density at radius 2 is 1.80 bits per heavy atom. The predicted octanol–water partition coefficient (Wildman–Crippen LogP) is 2.95. The third-order valence-electron chi connectivity index (χ3n) is 5.63. The van der Waals surface area contributed by atoms with Crippen molar-refractivity contribution in [3.63, 3.8) is 0 Å². The van der Waals surface area contributed by atoms with Crippen molar-refractivity contribution in [2.75, 3.05) is 24.6 Å². The van der Waals surface area contributed by atoms with Gasteiger partial charge in [-0.1, -0.05) is 31.0 Å². The molecule has 1 aliphatic rings. The maximum Gasteiger partial charge on any atom is 0.229 e. The number of nitrogens with one attached hydrogen (secondary N) is 2. The van der Waals surface area contributed by atoms with Gasteiger partial charge in [0.05, 0.1) is 25.2 Å². The number of rotatable bonds is 9. The number of phenolic OH excluding ortho intramolecular Hbond substituents is 1. The number of anilines is 1. The molecule has 0 bridgehead atoms. The minimum absolute atomic E-state index is 0.0582. The third kappa shape index (κ3) is 5.87. The predicted molar refractivity (Wildman–Crippen MR) is 117 cm³/mol. The molecule has 1 unspecified atom stereocenters. The molecule has 1 atom stereocenters. The van der Waals surface area contributed by atoms with Crippen molar-refractivity contribution < 1.29 is 23.4 Å². The van der Waals surface area contributed by atoms with Gasteiger partial charge in [-0.3, -0.25) is 4.72 Å². The van der Waals surface area contributed by atoms with Crippen LogP contribution in [0.5, 0.6) is 11.5 Å². The molecule has 3 rings (SSSR count). The van der Waals surface area contributed by atoms with Crippen molar-refractivity contribution in [1.82, 2.24) is 5.32 Å². The average molecular weight is 435 g/mol. The minimum atomic E-state index is -3.53. The van der Waals surface area contributed by atoms with Gasteiger partial charge in [0, 0.05) is 12.1 Å². The van der Waals surface area contributed by atoms with Gasteiger partial charge in [0.25, 0.3) is 0 Å². The van der Waals surface area contributed by atoms with Crippen molar-refractivity contribution in [2.45, 2.75) is 43.7 Å². The molecule has 4 N–H and O–H groups in total. The van der Waals surface area contributed by atoms with Crippen molar-refractivity contribution in [3.8, 4) is 11.5 Å². The summed E-state index contributed by atoms with van der Waals surface area (Å²) in [5.74, 6) is 0.643. The van der Waals surface area contributed by atoms with E-state index in [1.54, 1.807) is 13.2 Å². The van der Waals surface area contributed by atoms with Gasteiger partial charge in [0.2, 0.25) is 10.0 Å². The van der Waals surface area contributed by atoms with Crippen molar-refractivity contribution >= 4 is 15.7 Å². The zero-order valence-corrected chi connectivity index (χ0v) is 18.2. The van der Waals surface area contributed by atoms with Crippen molar-refractivity contribution in [3.05, 3.63) is 53.6 Å². The Hall–Kier alpha value is -2.29. The van der Waals surface area contributed by atoms with Crippen LogP contribution in [0.2, 0.25) is 0 Å². The molecule has 7 nitrogen and oxygen atoms in total. The number of aliphatic hydroxyl groups is 1. The number of β-amino-alcohol motifs (C(OH)–C–C–N with tert-alkyl or cyclic N) is 1. The SMILES string of the molecule is COc1ccc(CC2(NCC(O)c3ccc(O)c(NS(C)(=O)=O)c3)CCCC2)cc1. The van der Waals surface area contributed by atoms with E-state index in [1.807, 2.05) is 12.1 Å². The molecule has 0 heterocycles. The lowest BCUT2D eigenvalue weighted by molar-refractivity contribution is 0.155. The van der Waals surface area contributed by atoms with Crippen LogP contribution in [0.15, 0.2) is 42.5 Å². The summed E-state index contributed by atoms with van der Waals surface area (Å²) in [6.45, 7) is 0.333. The van der Waals surface area contributed by atoms with Crippen LogP contribution in [0.25, 0.3) is 0 Å². The molecule has 1 aliphatic carbocycles. The van der Waals surface area contributed by atoms with Crippen molar-refractivity contribution in [2.24, 2.45) is 0 Å². The fraction of sp³-hybridized carbons (Fsp3) is 0.455. The van der Waals surface area contributed by atoms with Gasteiger partial charge in [-0.2, -0.15) is 0 Å². The highest BCUT2D eigenvalue weighted by atomic mass is 32.2. The lowest BCUT2D eigenvalue weighted by Crippen LogP contribution is -2.46. The van der Waals surface area contributed by atoms with E-state index in [9.17, 15) is 18.6 Å². The highest BCUT2D eigenvalue weighted by molar-refractivity contribution is 7.92. The van der Waals surface area contributed by atoms with Gasteiger partial charge in [0.1, 0.15) is 11.5 Å². The first kappa shape index (κ1) is 22.4. The van der Waals surface area contributed by atoms with E-state index in [1.165, 1.54) is 17.7 Å². The maximum absolute atomic E-state index is 11.5. The lowest BCUT2D eigenvalue weighted by atomic mass is 9.88. The topological polar surface area (TPSA) is 108 Å². The maximum atomic E-state index is 11.5. The van der Waals surface area contributed by atoms with E-state index >= 15 is 0 Å². The molecule has 0 amide bonds. The number of hydrogen-bond acceptors (Lipinski definition) is 6. The Kier molecular flexibility index (Phi) is 6.90. The van der Waals surface area contributed by atoms with Crippen LogP contribution in [0.3, 0.4) is 0 Å². The second-order valence-corrected chi connectivity index (χ2v) is 9.81. The average Bonchev–Trinajstić information content (AvgIpc) is 3.16. The molecule has 0 spiro atoms. The largest absolute Gasteiger partial charge is 0.506 e. The van der Waals surface area contributed by atoms with Crippen LogP contribution in [-0.2, 0) is 16.4 Å². The van der Waals surface area contributed by atoms with E-state index in [-0.39, 0.29) is 17.0 Å². The highest BCUT2D eigenvalue weighted by Gasteiger charge is 2.34. The molecule has 2 aromatic rings. The number of benzene rings is 2. The Labute approximate surface area is 178 Å². The first-order valence-corrected chi connectivity index (χ1v) is 12.0. The van der Waals surface area contributed by atoms with E-state index in [0.717, 1.165) is 44.1 Å². The zero-order chi connectivity index (χ0) is 21.8. The summed E-state index contributed by atoms with van der Waals surface area (Å²) in [6, 6.07) is 12.5. The van der Waals surface area contributed by atoms with E-state index in [0.29, 0.717) is 12.1 Å². The summed E-state index contributed by atoms with van der Waals surface area (Å²) >= 11 is 0. The fourth-order valence-electron chi connectivity index (χ4n) is 4.08. The Morgan fingerprint density at radius 3 is 2.40 bits per heavy atom. The molecule has 0 aromatic heterocycles. The summed E-state index contributed by atoms with van der Waals surface area (Å²) < 4.78 is 30.5. The van der Waals surface area contributed by atoms with Gasteiger partial charge in [-0.25, -0.2) is 8.42 Å². The second kappa shape index (κ2) is 9.24. The van der Waals surface area contributed by atoms with Crippen LogP contribution in [0.1, 0.15) is 42.9 Å². The molecule has 0 saturated heterocycles. The van der Waals surface area contributed by atoms with E-state index in [2.05, 4.69) is 22.2 Å². The number of sulfonamides is 1. The molecule has 164 valence electrons. The highest BCUT2D eigenvalue weighted by Crippen LogP contribution is 2.34. The molecular weight excluding hydrogens is 404 g/mol. The van der Waals surface area contributed by atoms with Gasteiger partial charge in [0.15, 0.2) is 0 Å². The second-order valence-electron chi connectivity index (χ2n) is 8.06. The summed E-state index contributed by atoms with van der Waals surface area (Å²) in [7, 11) is -1.88. The molecule has 1 saturated carbocycles. The molecule has 0 aliphatic heterocycles. The number of ether oxygens (including phenoxy) is 1. The smallest absolute Gasteiger partial charge is 0.229 e. The Morgan fingerprint density at radius 1 is 1.13 bits per heavy atom. The first-order valence-electron chi connectivity index (χ1n) is 10.1. The van der Waals surface area contributed by atoms with Crippen LogP contribution >= 0.6 is 0 Å². The molecule has 0 radical (unpaired) electrons. The third-order valence-corrected chi connectivity index (χ3v) is 6.22. The molecule has 30 heavy (non-hydrogen) atoms. The van der Waals surface area contributed by atoms with Gasteiger partial charge < -0.3 is 20.3 Å². The molecule has 1 fully saturated rings. The van der Waals surface area contributed by atoms with Crippen LogP contribution in [0.4, 0.5) is 5.69 Å². The minimum Gasteiger partial charge on any atom is -0.506 e. The Balaban J connectivity index is 1.69. The van der Waals surface area contributed by atoms with E-state index < -0.39 is 16.1 Å². The van der Waals surface area contributed by atoms with Gasteiger partial charge in [-0.15, -0.1) is 0 Å². The lowest BCUT2D eigenvalue weighted by Gasteiger charge is -2.32. The van der Waals surface area contributed by atoms with Crippen LogP contribution < -0.4 is 14.8 Å². The van der Waals surface area contributed by atoms with Crippen LogP contribution in [-0.4, -0.2) is 44.1 Å². The fourth-order valence-corrected chi connectivity index (χ4v) is 4.64. The number of hydrogen-bond donors (Lipinski definition) is 4. The van der Waals surface area contributed by atoms with E-state index in [4.69, 9.17) is 4.74 Å². The number of aliphatic hydroxyl groups excluding tert-OH is 1. The number of methoxy groups -OCH3 is 1. The first-order chi connectivity index (χ1) is 14.2.